The van der Waals surface area contributed by atoms with Gasteiger partial charge >= 0.3 is 5.97 Å². The number of rotatable bonds is 10. The molecule has 0 aliphatic carbocycles. The van der Waals surface area contributed by atoms with Gasteiger partial charge in [0.25, 0.3) is 0 Å². The molecule has 3 aliphatic rings. The van der Waals surface area contributed by atoms with Crippen molar-refractivity contribution in [3.63, 3.8) is 0 Å². The fourth-order valence-electron chi connectivity index (χ4n) is 4.84. The number of carboxylic acids is 1. The second-order valence-electron chi connectivity index (χ2n) is 8.94. The van der Waals surface area contributed by atoms with Gasteiger partial charge in [-0.05, 0) is 57.3 Å². The number of nitrogens with one attached hydrogen (secondary N) is 2. The molecule has 0 spiro atoms. The molecule has 0 radical (unpaired) electrons. The van der Waals surface area contributed by atoms with Crippen molar-refractivity contribution in [2.75, 3.05) is 19.6 Å². The van der Waals surface area contributed by atoms with Crippen LogP contribution < -0.4 is 5.32 Å². The first-order valence-electron chi connectivity index (χ1n) is 11.4. The molecule has 3 saturated heterocycles. The molecule has 31 heavy (non-hydrogen) atoms. The van der Waals surface area contributed by atoms with Crippen molar-refractivity contribution in [2.24, 2.45) is 5.41 Å². The van der Waals surface area contributed by atoms with Gasteiger partial charge in [0.15, 0.2) is 0 Å². The van der Waals surface area contributed by atoms with Crippen LogP contribution in [0.5, 0.6) is 0 Å². The number of amides is 1. The second-order valence-corrected chi connectivity index (χ2v) is 8.94. The predicted molar refractivity (Wildman–Crippen MR) is 118 cm³/mol. The van der Waals surface area contributed by atoms with Gasteiger partial charge < -0.3 is 20.3 Å². The van der Waals surface area contributed by atoms with E-state index in [1.165, 1.54) is 0 Å². The normalized spacial score (nSPS) is 23.4. The molecular weight excluding hydrogens is 392 g/mol. The van der Waals surface area contributed by atoms with Crippen LogP contribution in [-0.4, -0.2) is 51.5 Å². The number of piperidine rings is 3. The van der Waals surface area contributed by atoms with Crippen molar-refractivity contribution in [3.05, 3.63) is 42.4 Å². The molecule has 3 N–H and O–H groups in total. The molecule has 7 nitrogen and oxygen atoms in total. The number of carboxylic acid groups (broad SMARTS) is 1. The van der Waals surface area contributed by atoms with Crippen LogP contribution in [0.25, 0.3) is 11.3 Å². The van der Waals surface area contributed by atoms with Crippen molar-refractivity contribution >= 4 is 11.9 Å². The zero-order valence-corrected chi connectivity index (χ0v) is 18.0. The lowest BCUT2D eigenvalue weighted by molar-refractivity contribution is -0.139. The number of imidazole rings is 1. The zero-order chi connectivity index (χ0) is 21.7. The molecule has 0 unspecified atom stereocenters. The minimum absolute atomic E-state index is 0.153. The predicted octanol–water partition coefficient (Wildman–Crippen LogP) is 3.76. The van der Waals surface area contributed by atoms with Gasteiger partial charge in [-0.2, -0.15) is 0 Å². The lowest BCUT2D eigenvalue weighted by Gasteiger charge is -2.47. The van der Waals surface area contributed by atoms with Crippen LogP contribution in [0.1, 0.15) is 63.2 Å². The third-order valence-corrected chi connectivity index (χ3v) is 6.90. The number of carbonyl (C=O) groups is 2. The van der Waals surface area contributed by atoms with E-state index >= 15 is 0 Å². The highest BCUT2D eigenvalue weighted by molar-refractivity contribution is 5.83. The number of benzene rings is 1. The number of aliphatic carboxylic acids is 1. The Labute approximate surface area is 183 Å². The Morgan fingerprint density at radius 2 is 1.81 bits per heavy atom. The number of aromatic nitrogens is 2. The van der Waals surface area contributed by atoms with Crippen LogP contribution in [0.3, 0.4) is 0 Å². The van der Waals surface area contributed by atoms with Crippen molar-refractivity contribution in [2.45, 2.75) is 57.4 Å². The molecule has 1 aromatic carbocycles. The number of nitrogens with zero attached hydrogens (tertiary/aromatic N) is 2. The molecule has 1 aromatic heterocycles. The van der Waals surface area contributed by atoms with E-state index in [0.717, 1.165) is 75.2 Å². The second kappa shape index (κ2) is 9.64. The van der Waals surface area contributed by atoms with Crippen LogP contribution in [0.15, 0.2) is 36.5 Å². The van der Waals surface area contributed by atoms with E-state index in [-0.39, 0.29) is 23.8 Å². The molecular formula is C24H32N4O3. The Balaban J connectivity index is 1.45. The molecule has 5 rings (SSSR count). The zero-order valence-electron chi connectivity index (χ0n) is 18.0. The van der Waals surface area contributed by atoms with Gasteiger partial charge in [0.05, 0.1) is 23.3 Å². The topological polar surface area (TPSA) is 98.3 Å². The van der Waals surface area contributed by atoms with Crippen molar-refractivity contribution < 1.29 is 14.7 Å². The molecule has 0 saturated carbocycles. The Morgan fingerprint density at radius 3 is 2.48 bits per heavy atom. The molecule has 2 bridgehead atoms. The average Bonchev–Trinajstić information content (AvgIpc) is 3.30. The summed E-state index contributed by atoms with van der Waals surface area (Å²) >= 11 is 0. The fourth-order valence-corrected chi connectivity index (χ4v) is 4.84. The number of H-pyrrole nitrogens is 1. The molecule has 7 heteroatoms. The minimum Gasteiger partial charge on any atom is -0.481 e. The average molecular weight is 425 g/mol. The van der Waals surface area contributed by atoms with Gasteiger partial charge in [0, 0.05) is 6.42 Å². The summed E-state index contributed by atoms with van der Waals surface area (Å²) in [5, 5.41) is 12.2. The van der Waals surface area contributed by atoms with E-state index in [2.05, 4.69) is 20.2 Å². The maximum absolute atomic E-state index is 13.4. The monoisotopic (exact) mass is 424 g/mol. The molecule has 1 atom stereocenters. The summed E-state index contributed by atoms with van der Waals surface area (Å²) in [7, 11) is 0. The molecule has 2 aromatic rings. The van der Waals surface area contributed by atoms with Crippen molar-refractivity contribution in [1.29, 1.82) is 0 Å². The molecule has 166 valence electrons. The maximum Gasteiger partial charge on any atom is 0.303 e. The van der Waals surface area contributed by atoms with Gasteiger partial charge in [0.2, 0.25) is 5.91 Å². The van der Waals surface area contributed by atoms with Gasteiger partial charge in [-0.3, -0.25) is 9.59 Å². The van der Waals surface area contributed by atoms with Gasteiger partial charge in [-0.15, -0.1) is 0 Å². The Morgan fingerprint density at radius 1 is 1.10 bits per heavy atom. The number of hydrogen-bond acceptors (Lipinski definition) is 4. The highest BCUT2D eigenvalue weighted by Crippen LogP contribution is 2.40. The number of hydrogen-bond donors (Lipinski definition) is 3. The fraction of sp³-hybridized carbons (Fsp3) is 0.542. The van der Waals surface area contributed by atoms with E-state index in [0.29, 0.717) is 6.42 Å². The Kier molecular flexibility index (Phi) is 6.70. The quantitative estimate of drug-likeness (QED) is 0.505. The Bertz CT molecular complexity index is 873. The first kappa shape index (κ1) is 21.6. The summed E-state index contributed by atoms with van der Waals surface area (Å²) in [6.07, 6.45) is 7.87. The molecule has 4 heterocycles. The summed E-state index contributed by atoms with van der Waals surface area (Å²) < 4.78 is 0. The van der Waals surface area contributed by atoms with E-state index in [9.17, 15) is 9.59 Å². The third-order valence-electron chi connectivity index (χ3n) is 6.90. The van der Waals surface area contributed by atoms with Gasteiger partial charge in [0.1, 0.15) is 5.82 Å². The summed E-state index contributed by atoms with van der Waals surface area (Å²) in [5.74, 6) is 0.168. The van der Waals surface area contributed by atoms with Crippen LogP contribution in [0.4, 0.5) is 0 Å². The molecule has 3 aliphatic heterocycles. The largest absolute Gasteiger partial charge is 0.481 e. The maximum atomic E-state index is 13.4. The lowest BCUT2D eigenvalue weighted by atomic mass is 9.71. The standard InChI is InChI=1S/C24H32N4O3/c29-21(30)10-6-2-5-9-19(22-25-17-20(26-22)18-7-3-1-4-8-18)27-23(31)24-11-14-28(15-12-24)16-13-24/h1,3-4,7-8,17,19H,2,5-6,9-16H2,(H,25,26)(H,27,31)(H,29,30)/t19-/m0/s1. The summed E-state index contributed by atoms with van der Waals surface area (Å²) in [4.78, 5) is 34.6. The van der Waals surface area contributed by atoms with Gasteiger partial charge in [-0.1, -0.05) is 43.2 Å². The van der Waals surface area contributed by atoms with E-state index in [1.54, 1.807) is 0 Å². The van der Waals surface area contributed by atoms with Crippen LogP contribution >= 0.6 is 0 Å². The van der Waals surface area contributed by atoms with Crippen molar-refractivity contribution in [1.82, 2.24) is 20.2 Å². The van der Waals surface area contributed by atoms with Crippen LogP contribution in [-0.2, 0) is 9.59 Å². The minimum atomic E-state index is -0.758. The van der Waals surface area contributed by atoms with E-state index in [4.69, 9.17) is 5.11 Å². The molecule has 1 amide bonds. The van der Waals surface area contributed by atoms with E-state index in [1.807, 2.05) is 36.5 Å². The molecule has 3 fully saturated rings. The summed E-state index contributed by atoms with van der Waals surface area (Å²) in [6.45, 7) is 3.02. The van der Waals surface area contributed by atoms with E-state index < -0.39 is 5.97 Å². The van der Waals surface area contributed by atoms with Crippen LogP contribution in [0.2, 0.25) is 0 Å². The first-order valence-corrected chi connectivity index (χ1v) is 11.4. The van der Waals surface area contributed by atoms with Crippen LogP contribution in [0, 0.1) is 5.41 Å². The third kappa shape index (κ3) is 5.15. The Hall–Kier alpha value is -2.67. The summed E-state index contributed by atoms with van der Waals surface area (Å²) in [5.41, 5.74) is 1.75. The lowest BCUT2D eigenvalue weighted by Crippen LogP contribution is -2.55. The highest BCUT2D eigenvalue weighted by Gasteiger charge is 2.45. The first-order chi connectivity index (χ1) is 15.1. The van der Waals surface area contributed by atoms with Gasteiger partial charge in [-0.25, -0.2) is 4.98 Å². The highest BCUT2D eigenvalue weighted by atomic mass is 16.4. The SMILES string of the molecule is O=C(O)CCCCC[C@H](NC(=O)C12CCN(CC1)CC2)c1ncc(-c2ccccc2)[nH]1. The van der Waals surface area contributed by atoms with Crippen molar-refractivity contribution in [3.8, 4) is 11.3 Å². The number of carbonyl (C=O) groups excluding carboxylic acids is 1. The number of aromatic amines is 1. The smallest absolute Gasteiger partial charge is 0.303 e. The number of fused-ring (bicyclic) bond motifs is 3. The summed E-state index contributed by atoms with van der Waals surface area (Å²) in [6, 6.07) is 9.84. The number of unbranched alkanes of at least 4 members (excludes halogenated alkanes) is 2.